The fraction of sp³-hybridized carbons (Fsp3) is 0.533. The number of aromatic hydroxyl groups is 1. The van der Waals surface area contributed by atoms with Crippen molar-refractivity contribution in [1.82, 2.24) is 5.32 Å². The number of nitrogens with one attached hydrogen (secondary N) is 1. The summed E-state index contributed by atoms with van der Waals surface area (Å²) in [6.45, 7) is 0.419. The number of para-hydroxylation sites is 1. The van der Waals surface area contributed by atoms with Gasteiger partial charge in [0.1, 0.15) is 5.75 Å². The van der Waals surface area contributed by atoms with Crippen LogP contribution in [0.4, 0.5) is 0 Å². The van der Waals surface area contributed by atoms with Gasteiger partial charge in [0.25, 0.3) is 0 Å². The van der Waals surface area contributed by atoms with Crippen molar-refractivity contribution in [2.24, 2.45) is 5.92 Å². The first kappa shape index (κ1) is 12.9. The highest BCUT2D eigenvalue weighted by atomic mass is 16.3. The normalized spacial score (nSPS) is 17.1. The van der Waals surface area contributed by atoms with Crippen LogP contribution in [0.5, 0.6) is 5.75 Å². The fourth-order valence-electron chi connectivity index (χ4n) is 2.53. The number of carbonyl (C=O) groups is 1. The Hall–Kier alpha value is -1.51. The lowest BCUT2D eigenvalue weighted by Crippen LogP contribution is -2.30. The second-order valence-electron chi connectivity index (χ2n) is 5.04. The van der Waals surface area contributed by atoms with E-state index in [0.29, 0.717) is 6.54 Å². The average molecular weight is 247 g/mol. The van der Waals surface area contributed by atoms with E-state index in [0.717, 1.165) is 31.2 Å². The summed E-state index contributed by atoms with van der Waals surface area (Å²) >= 11 is 0. The van der Waals surface area contributed by atoms with E-state index in [9.17, 15) is 9.90 Å². The van der Waals surface area contributed by atoms with Gasteiger partial charge in [0, 0.05) is 18.0 Å². The molecule has 0 bridgehead atoms. The molecule has 0 atom stereocenters. The number of phenols is 1. The highest BCUT2D eigenvalue weighted by Gasteiger charge is 2.19. The molecule has 0 aromatic heterocycles. The number of phenolic OH excluding ortho intramolecular Hbond substituents is 1. The Morgan fingerprint density at radius 2 is 1.83 bits per heavy atom. The van der Waals surface area contributed by atoms with Gasteiger partial charge >= 0.3 is 0 Å². The molecule has 2 N–H and O–H groups in total. The molecule has 0 heterocycles. The topological polar surface area (TPSA) is 49.3 Å². The molecule has 0 saturated heterocycles. The Bertz CT molecular complexity index is 395. The summed E-state index contributed by atoms with van der Waals surface area (Å²) in [5.74, 6) is 0.553. The molecule has 1 saturated carbocycles. The third kappa shape index (κ3) is 3.49. The van der Waals surface area contributed by atoms with E-state index < -0.39 is 0 Å². The van der Waals surface area contributed by atoms with Gasteiger partial charge in [-0.2, -0.15) is 0 Å². The lowest BCUT2D eigenvalue weighted by molar-refractivity contribution is -0.125. The molecule has 1 aromatic carbocycles. The zero-order chi connectivity index (χ0) is 12.8. The first-order valence-corrected chi connectivity index (χ1v) is 6.82. The molecule has 2 rings (SSSR count). The summed E-state index contributed by atoms with van der Waals surface area (Å²) in [6, 6.07) is 7.13. The van der Waals surface area contributed by atoms with Crippen LogP contribution in [0, 0.1) is 5.92 Å². The van der Waals surface area contributed by atoms with Crippen molar-refractivity contribution in [2.45, 2.75) is 45.1 Å². The Kier molecular flexibility index (Phi) is 4.62. The first-order valence-electron chi connectivity index (χ1n) is 6.82. The molecule has 0 spiro atoms. The van der Waals surface area contributed by atoms with E-state index in [2.05, 4.69) is 5.32 Å². The number of rotatable bonds is 3. The van der Waals surface area contributed by atoms with Crippen molar-refractivity contribution in [3.05, 3.63) is 29.8 Å². The summed E-state index contributed by atoms with van der Waals surface area (Å²) < 4.78 is 0. The van der Waals surface area contributed by atoms with Gasteiger partial charge < -0.3 is 10.4 Å². The maximum absolute atomic E-state index is 12.0. The lowest BCUT2D eigenvalue weighted by atomic mass is 9.99. The van der Waals surface area contributed by atoms with Gasteiger partial charge in [-0.05, 0) is 18.9 Å². The molecular formula is C15H21NO2. The molecule has 0 radical (unpaired) electrons. The minimum Gasteiger partial charge on any atom is -0.508 e. The molecule has 1 aliphatic carbocycles. The summed E-state index contributed by atoms with van der Waals surface area (Å²) in [5, 5.41) is 12.6. The SMILES string of the molecule is O=C(NCc1ccccc1O)C1CCCCCC1. The molecule has 3 heteroatoms. The van der Waals surface area contributed by atoms with E-state index in [-0.39, 0.29) is 17.6 Å². The lowest BCUT2D eigenvalue weighted by Gasteiger charge is -2.14. The van der Waals surface area contributed by atoms with E-state index in [1.807, 2.05) is 12.1 Å². The van der Waals surface area contributed by atoms with Gasteiger partial charge in [0.15, 0.2) is 0 Å². The minimum atomic E-state index is 0.139. The van der Waals surface area contributed by atoms with Crippen LogP contribution in [0.25, 0.3) is 0 Å². The van der Waals surface area contributed by atoms with Crippen LogP contribution >= 0.6 is 0 Å². The third-order valence-corrected chi connectivity index (χ3v) is 3.67. The smallest absolute Gasteiger partial charge is 0.223 e. The van der Waals surface area contributed by atoms with Crippen molar-refractivity contribution in [3.63, 3.8) is 0 Å². The van der Waals surface area contributed by atoms with E-state index in [1.54, 1.807) is 12.1 Å². The maximum Gasteiger partial charge on any atom is 0.223 e. The fourth-order valence-corrected chi connectivity index (χ4v) is 2.53. The predicted molar refractivity (Wildman–Crippen MR) is 71.1 cm³/mol. The van der Waals surface area contributed by atoms with Gasteiger partial charge in [0.05, 0.1) is 0 Å². The highest BCUT2D eigenvalue weighted by Crippen LogP contribution is 2.23. The summed E-state index contributed by atoms with van der Waals surface area (Å²) in [6.07, 6.45) is 6.84. The number of carbonyl (C=O) groups excluding carboxylic acids is 1. The van der Waals surface area contributed by atoms with Crippen LogP contribution in [0.2, 0.25) is 0 Å². The van der Waals surface area contributed by atoms with Crippen molar-refractivity contribution in [3.8, 4) is 5.75 Å². The minimum absolute atomic E-state index is 0.139. The Morgan fingerprint density at radius 3 is 2.50 bits per heavy atom. The molecule has 1 amide bonds. The highest BCUT2D eigenvalue weighted by molar-refractivity contribution is 5.78. The number of hydrogen-bond donors (Lipinski definition) is 2. The third-order valence-electron chi connectivity index (χ3n) is 3.67. The van der Waals surface area contributed by atoms with Gasteiger partial charge in [-0.25, -0.2) is 0 Å². The number of hydrogen-bond acceptors (Lipinski definition) is 2. The molecule has 1 fully saturated rings. The zero-order valence-electron chi connectivity index (χ0n) is 10.7. The molecule has 18 heavy (non-hydrogen) atoms. The Balaban J connectivity index is 1.86. The maximum atomic E-state index is 12.0. The number of amides is 1. The van der Waals surface area contributed by atoms with Gasteiger partial charge in [-0.1, -0.05) is 43.9 Å². The van der Waals surface area contributed by atoms with Gasteiger partial charge in [-0.3, -0.25) is 4.79 Å². The molecule has 98 valence electrons. The Labute approximate surface area is 108 Å². The predicted octanol–water partition coefficient (Wildman–Crippen LogP) is 2.98. The van der Waals surface area contributed by atoms with Crippen LogP contribution in [0.1, 0.15) is 44.1 Å². The molecule has 1 aromatic rings. The summed E-state index contributed by atoms with van der Waals surface area (Å²) in [7, 11) is 0. The quantitative estimate of drug-likeness (QED) is 0.807. The second kappa shape index (κ2) is 6.43. The molecular weight excluding hydrogens is 226 g/mol. The van der Waals surface area contributed by atoms with Crippen molar-refractivity contribution in [2.75, 3.05) is 0 Å². The number of benzene rings is 1. The standard InChI is InChI=1S/C15H21NO2/c17-14-10-6-5-9-13(14)11-16-15(18)12-7-3-1-2-4-8-12/h5-6,9-10,12,17H,1-4,7-8,11H2,(H,16,18). The first-order chi connectivity index (χ1) is 8.77. The van der Waals surface area contributed by atoms with Crippen LogP contribution in [0.3, 0.4) is 0 Å². The van der Waals surface area contributed by atoms with Crippen molar-refractivity contribution in [1.29, 1.82) is 0 Å². The summed E-state index contributed by atoms with van der Waals surface area (Å²) in [5.41, 5.74) is 0.777. The van der Waals surface area contributed by atoms with Gasteiger partial charge in [-0.15, -0.1) is 0 Å². The van der Waals surface area contributed by atoms with Crippen LogP contribution in [-0.2, 0) is 11.3 Å². The molecule has 0 unspecified atom stereocenters. The van der Waals surface area contributed by atoms with E-state index >= 15 is 0 Å². The second-order valence-corrected chi connectivity index (χ2v) is 5.04. The van der Waals surface area contributed by atoms with Crippen LogP contribution in [0.15, 0.2) is 24.3 Å². The Morgan fingerprint density at radius 1 is 1.17 bits per heavy atom. The van der Waals surface area contributed by atoms with Crippen molar-refractivity contribution < 1.29 is 9.90 Å². The molecule has 1 aliphatic rings. The van der Waals surface area contributed by atoms with Crippen molar-refractivity contribution >= 4 is 5.91 Å². The molecule has 0 aliphatic heterocycles. The van der Waals surface area contributed by atoms with Crippen LogP contribution < -0.4 is 5.32 Å². The largest absolute Gasteiger partial charge is 0.508 e. The average Bonchev–Trinajstić information content (AvgIpc) is 2.66. The van der Waals surface area contributed by atoms with E-state index in [1.165, 1.54) is 12.8 Å². The van der Waals surface area contributed by atoms with E-state index in [4.69, 9.17) is 0 Å². The zero-order valence-corrected chi connectivity index (χ0v) is 10.7. The van der Waals surface area contributed by atoms with Crippen LogP contribution in [-0.4, -0.2) is 11.0 Å². The molecule has 3 nitrogen and oxygen atoms in total. The van der Waals surface area contributed by atoms with Gasteiger partial charge in [0.2, 0.25) is 5.91 Å². The monoisotopic (exact) mass is 247 g/mol. The summed E-state index contributed by atoms with van der Waals surface area (Å²) in [4.78, 5) is 12.0.